The summed E-state index contributed by atoms with van der Waals surface area (Å²) < 4.78 is 0. The lowest BCUT2D eigenvalue weighted by atomic mass is 9.49. The second-order valence-electron chi connectivity index (χ2n) is 11.0. The van der Waals surface area contributed by atoms with Crippen molar-refractivity contribution in [1.29, 1.82) is 0 Å². The number of aryl methyl sites for hydroxylation is 1. The zero-order valence-electron chi connectivity index (χ0n) is 18.3. The molecule has 3 atom stereocenters. The van der Waals surface area contributed by atoms with Crippen LogP contribution in [0.1, 0.15) is 76.8 Å². The normalized spacial score (nSPS) is 32.8. The summed E-state index contributed by atoms with van der Waals surface area (Å²) >= 11 is 0. The molecule has 1 heterocycles. The summed E-state index contributed by atoms with van der Waals surface area (Å²) in [7, 11) is 0. The first-order chi connectivity index (χ1) is 12.8. The molecule has 3 aliphatic rings. The molecule has 4 rings (SSSR count). The van der Waals surface area contributed by atoms with E-state index in [2.05, 4.69) is 63.0 Å². The Morgan fingerprint density at radius 3 is 2.30 bits per heavy atom. The smallest absolute Gasteiger partial charge is 0.0399 e. The molecule has 0 amide bonds. The Hall–Kier alpha value is -1.02. The minimum atomic E-state index is 0.505. The van der Waals surface area contributed by atoms with Crippen molar-refractivity contribution >= 4 is 5.69 Å². The molecule has 3 unspecified atom stereocenters. The van der Waals surface area contributed by atoms with Gasteiger partial charge in [-0.3, -0.25) is 0 Å². The van der Waals surface area contributed by atoms with Crippen molar-refractivity contribution in [3.8, 4) is 0 Å². The van der Waals surface area contributed by atoms with Crippen LogP contribution in [0.5, 0.6) is 0 Å². The lowest BCUT2D eigenvalue weighted by Crippen LogP contribution is -2.47. The third kappa shape index (κ3) is 3.67. The van der Waals surface area contributed by atoms with E-state index in [0.29, 0.717) is 10.8 Å². The van der Waals surface area contributed by atoms with Gasteiger partial charge in [0, 0.05) is 31.9 Å². The molecule has 1 N–H and O–H groups in total. The van der Waals surface area contributed by atoms with E-state index in [1.54, 1.807) is 5.56 Å². The molecule has 2 heteroatoms. The van der Waals surface area contributed by atoms with Gasteiger partial charge in [0.15, 0.2) is 0 Å². The molecule has 2 saturated carbocycles. The average Bonchev–Trinajstić information content (AvgIpc) is 2.66. The lowest BCUT2D eigenvalue weighted by molar-refractivity contribution is -0.0498. The van der Waals surface area contributed by atoms with Gasteiger partial charge < -0.3 is 10.2 Å². The second-order valence-corrected chi connectivity index (χ2v) is 11.0. The van der Waals surface area contributed by atoms with Gasteiger partial charge in [0.2, 0.25) is 0 Å². The van der Waals surface area contributed by atoms with Crippen LogP contribution in [0.4, 0.5) is 5.69 Å². The summed E-state index contributed by atoms with van der Waals surface area (Å²) in [5, 5.41) is 3.49. The maximum atomic E-state index is 3.49. The first-order valence-electron chi connectivity index (χ1n) is 11.3. The highest BCUT2D eigenvalue weighted by molar-refractivity contribution is 5.56. The second kappa shape index (κ2) is 7.10. The fraction of sp³-hybridized carbons (Fsp3) is 0.760. The number of nitrogens with zero attached hydrogens (tertiary/aromatic N) is 1. The van der Waals surface area contributed by atoms with Crippen LogP contribution in [0.15, 0.2) is 18.2 Å². The number of rotatable bonds is 2. The standard InChI is InChI=1S/C25H40N2/c1-18-6-7-20(17-23(18)27-14-12-26-13-15-27)19-8-9-21-22(16-19)25(4,5)11-10-24(21,2)3/h6-7,17,19,21-22,26H,8-16H2,1-5H3. The van der Waals surface area contributed by atoms with E-state index in [-0.39, 0.29) is 0 Å². The van der Waals surface area contributed by atoms with Crippen molar-refractivity contribution in [3.63, 3.8) is 0 Å². The van der Waals surface area contributed by atoms with E-state index < -0.39 is 0 Å². The predicted molar refractivity (Wildman–Crippen MR) is 117 cm³/mol. The van der Waals surface area contributed by atoms with Gasteiger partial charge in [0.05, 0.1) is 0 Å². The Labute approximate surface area is 167 Å². The molecule has 1 aromatic carbocycles. The number of anilines is 1. The monoisotopic (exact) mass is 368 g/mol. The summed E-state index contributed by atoms with van der Waals surface area (Å²) in [6, 6.07) is 7.37. The summed E-state index contributed by atoms with van der Waals surface area (Å²) in [6.07, 6.45) is 7.00. The summed E-state index contributed by atoms with van der Waals surface area (Å²) in [6.45, 7) is 16.9. The van der Waals surface area contributed by atoms with E-state index in [0.717, 1.165) is 43.9 Å². The van der Waals surface area contributed by atoms with Crippen LogP contribution in [0.2, 0.25) is 0 Å². The van der Waals surface area contributed by atoms with Crippen LogP contribution in [-0.4, -0.2) is 26.2 Å². The molecule has 0 aromatic heterocycles. The van der Waals surface area contributed by atoms with Crippen molar-refractivity contribution < 1.29 is 0 Å². The van der Waals surface area contributed by atoms with Crippen LogP contribution in [0.25, 0.3) is 0 Å². The van der Waals surface area contributed by atoms with Gasteiger partial charge >= 0.3 is 0 Å². The fourth-order valence-electron chi connectivity index (χ4n) is 6.41. The molecular weight excluding hydrogens is 328 g/mol. The maximum absolute atomic E-state index is 3.49. The van der Waals surface area contributed by atoms with Crippen molar-refractivity contribution in [2.24, 2.45) is 22.7 Å². The largest absolute Gasteiger partial charge is 0.369 e. The van der Waals surface area contributed by atoms with Gasteiger partial charge in [-0.2, -0.15) is 0 Å². The van der Waals surface area contributed by atoms with Crippen LogP contribution in [-0.2, 0) is 0 Å². The molecule has 1 saturated heterocycles. The molecule has 0 radical (unpaired) electrons. The Morgan fingerprint density at radius 1 is 0.926 bits per heavy atom. The number of hydrogen-bond acceptors (Lipinski definition) is 2. The van der Waals surface area contributed by atoms with Crippen LogP contribution in [0.3, 0.4) is 0 Å². The minimum Gasteiger partial charge on any atom is -0.369 e. The Morgan fingerprint density at radius 2 is 1.59 bits per heavy atom. The minimum absolute atomic E-state index is 0.505. The molecule has 1 aliphatic heterocycles. The Kier molecular flexibility index (Phi) is 5.08. The molecule has 2 aliphatic carbocycles. The van der Waals surface area contributed by atoms with Gasteiger partial charge in [-0.1, -0.05) is 39.8 Å². The molecule has 150 valence electrons. The highest BCUT2D eigenvalue weighted by Gasteiger charge is 2.49. The van der Waals surface area contributed by atoms with E-state index in [9.17, 15) is 0 Å². The van der Waals surface area contributed by atoms with Crippen molar-refractivity contribution in [3.05, 3.63) is 29.3 Å². The molecule has 0 bridgehead atoms. The summed E-state index contributed by atoms with van der Waals surface area (Å²) in [4.78, 5) is 2.59. The molecule has 0 spiro atoms. The zero-order chi connectivity index (χ0) is 19.2. The molecule has 3 fully saturated rings. The van der Waals surface area contributed by atoms with Crippen LogP contribution in [0, 0.1) is 29.6 Å². The third-order valence-electron chi connectivity index (χ3n) is 8.43. The van der Waals surface area contributed by atoms with Crippen LogP contribution < -0.4 is 10.2 Å². The topological polar surface area (TPSA) is 15.3 Å². The molecule has 2 nitrogen and oxygen atoms in total. The quantitative estimate of drug-likeness (QED) is 0.715. The number of hydrogen-bond donors (Lipinski definition) is 1. The van der Waals surface area contributed by atoms with Gasteiger partial charge in [0.1, 0.15) is 0 Å². The van der Waals surface area contributed by atoms with Crippen molar-refractivity contribution in [1.82, 2.24) is 5.32 Å². The molecular formula is C25H40N2. The van der Waals surface area contributed by atoms with E-state index in [4.69, 9.17) is 0 Å². The van der Waals surface area contributed by atoms with Gasteiger partial charge in [0.25, 0.3) is 0 Å². The van der Waals surface area contributed by atoms with E-state index >= 15 is 0 Å². The SMILES string of the molecule is Cc1ccc(C2CCC3C(C2)C(C)(C)CCC3(C)C)cc1N1CCNCC1. The highest BCUT2D eigenvalue weighted by atomic mass is 15.2. The van der Waals surface area contributed by atoms with E-state index in [1.165, 1.54) is 43.4 Å². The van der Waals surface area contributed by atoms with Gasteiger partial charge in [-0.25, -0.2) is 0 Å². The molecule has 1 aromatic rings. The van der Waals surface area contributed by atoms with E-state index in [1.807, 2.05) is 0 Å². The number of fused-ring (bicyclic) bond motifs is 1. The number of nitrogens with one attached hydrogen (secondary N) is 1. The molecule has 27 heavy (non-hydrogen) atoms. The third-order valence-corrected chi connectivity index (χ3v) is 8.43. The lowest BCUT2D eigenvalue weighted by Gasteiger charge is -2.56. The first-order valence-corrected chi connectivity index (χ1v) is 11.3. The zero-order valence-corrected chi connectivity index (χ0v) is 18.3. The Balaban J connectivity index is 1.57. The number of piperazine rings is 1. The first kappa shape index (κ1) is 19.3. The van der Waals surface area contributed by atoms with Crippen LogP contribution >= 0.6 is 0 Å². The highest BCUT2D eigenvalue weighted by Crippen LogP contribution is 2.59. The average molecular weight is 369 g/mol. The maximum Gasteiger partial charge on any atom is 0.0399 e. The Bertz CT molecular complexity index is 669. The summed E-state index contributed by atoms with van der Waals surface area (Å²) in [5.41, 5.74) is 5.56. The number of benzene rings is 1. The van der Waals surface area contributed by atoms with Crippen molar-refractivity contribution in [2.45, 2.75) is 72.6 Å². The van der Waals surface area contributed by atoms with Gasteiger partial charge in [-0.15, -0.1) is 0 Å². The summed E-state index contributed by atoms with van der Waals surface area (Å²) in [5.74, 6) is 2.54. The van der Waals surface area contributed by atoms with Crippen molar-refractivity contribution in [2.75, 3.05) is 31.1 Å². The predicted octanol–water partition coefficient (Wildman–Crippen LogP) is 5.75. The fourth-order valence-corrected chi connectivity index (χ4v) is 6.41. The van der Waals surface area contributed by atoms with Gasteiger partial charge in [-0.05, 0) is 84.8 Å².